The molecule has 166 valence electrons. The van der Waals surface area contributed by atoms with Crippen LogP contribution >= 0.6 is 11.6 Å². The van der Waals surface area contributed by atoms with Crippen LogP contribution in [0.2, 0.25) is 5.02 Å². The molecule has 0 aliphatic heterocycles. The molecule has 0 saturated carbocycles. The first kappa shape index (κ1) is 22.3. The second-order valence-electron chi connectivity index (χ2n) is 7.63. The van der Waals surface area contributed by atoms with Crippen molar-refractivity contribution in [2.45, 2.75) is 26.7 Å². The number of rotatable bonds is 7. The van der Waals surface area contributed by atoms with Gasteiger partial charge < -0.3 is 10.1 Å². The van der Waals surface area contributed by atoms with E-state index in [1.807, 2.05) is 50.2 Å². The van der Waals surface area contributed by atoms with Crippen LogP contribution in [0, 0.1) is 25.2 Å². The number of halogens is 1. The Kier molecular flexibility index (Phi) is 6.57. The molecule has 0 fully saturated rings. The highest BCUT2D eigenvalue weighted by molar-refractivity contribution is 6.32. The number of para-hydroxylation sites is 2. The zero-order valence-electron chi connectivity index (χ0n) is 18.3. The number of nitriles is 1. The van der Waals surface area contributed by atoms with E-state index in [-0.39, 0.29) is 17.9 Å². The Morgan fingerprint density at radius 1 is 1.18 bits per heavy atom. The van der Waals surface area contributed by atoms with Crippen molar-refractivity contribution in [3.05, 3.63) is 76.4 Å². The van der Waals surface area contributed by atoms with E-state index in [4.69, 9.17) is 21.3 Å². The van der Waals surface area contributed by atoms with Crippen LogP contribution in [0.5, 0.6) is 5.75 Å². The van der Waals surface area contributed by atoms with E-state index in [0.717, 1.165) is 22.0 Å². The highest BCUT2D eigenvalue weighted by atomic mass is 35.5. The Morgan fingerprint density at radius 3 is 2.79 bits per heavy atom. The first-order chi connectivity index (χ1) is 16.0. The molecule has 0 radical (unpaired) electrons. The van der Waals surface area contributed by atoms with Crippen LogP contribution in [0.3, 0.4) is 0 Å². The largest absolute Gasteiger partial charge is 0.492 e. The fourth-order valence-corrected chi connectivity index (χ4v) is 3.74. The number of nitrogens with one attached hydrogen (secondary N) is 1. The van der Waals surface area contributed by atoms with Crippen molar-refractivity contribution in [3.8, 4) is 17.6 Å². The van der Waals surface area contributed by atoms with Crippen LogP contribution in [0.4, 0.5) is 5.82 Å². The minimum absolute atomic E-state index is 0.212. The maximum Gasteiger partial charge on any atom is 0.225 e. The molecule has 1 amide bonds. The predicted octanol–water partition coefficient (Wildman–Crippen LogP) is 5.36. The molecular weight excluding hydrogens is 438 g/mol. The SMILES string of the molecule is Cc1cc(-n2ncc(C#N)c2NC(=O)CCCOc2ccccc2Cl)nc2c(C)cccc12. The summed E-state index contributed by atoms with van der Waals surface area (Å²) < 4.78 is 7.13. The molecule has 0 aliphatic carbocycles. The van der Waals surface area contributed by atoms with Crippen LogP contribution in [0.25, 0.3) is 16.7 Å². The molecule has 4 aromatic rings. The molecule has 8 heteroatoms. The highest BCUT2D eigenvalue weighted by Gasteiger charge is 2.17. The molecule has 2 aromatic heterocycles. The van der Waals surface area contributed by atoms with E-state index in [0.29, 0.717) is 35.4 Å². The lowest BCUT2D eigenvalue weighted by molar-refractivity contribution is -0.116. The van der Waals surface area contributed by atoms with Crippen molar-refractivity contribution in [1.29, 1.82) is 5.26 Å². The van der Waals surface area contributed by atoms with Crippen LogP contribution in [0.1, 0.15) is 29.5 Å². The Hall–Kier alpha value is -3.89. The number of aryl methyl sites for hydroxylation is 2. The number of pyridine rings is 1. The number of hydrogen-bond acceptors (Lipinski definition) is 5. The highest BCUT2D eigenvalue weighted by Crippen LogP contribution is 2.26. The third-order valence-electron chi connectivity index (χ3n) is 5.24. The van der Waals surface area contributed by atoms with E-state index in [2.05, 4.69) is 16.5 Å². The maximum absolute atomic E-state index is 12.6. The molecule has 0 spiro atoms. The second kappa shape index (κ2) is 9.72. The lowest BCUT2D eigenvalue weighted by atomic mass is 10.1. The number of aromatic nitrogens is 3. The Bertz CT molecular complexity index is 1370. The van der Waals surface area contributed by atoms with Gasteiger partial charge in [0.05, 0.1) is 23.3 Å². The van der Waals surface area contributed by atoms with Crippen molar-refractivity contribution in [2.24, 2.45) is 0 Å². The fourth-order valence-electron chi connectivity index (χ4n) is 3.55. The van der Waals surface area contributed by atoms with Crippen LogP contribution in [-0.4, -0.2) is 27.3 Å². The standard InChI is InChI=1S/C25H22ClN5O2/c1-16-7-5-8-19-17(2)13-22(29-24(16)19)31-25(18(14-27)15-28-31)30-23(32)11-6-12-33-21-10-4-3-9-20(21)26/h3-5,7-10,13,15H,6,11-12H2,1-2H3,(H,30,32). The summed E-state index contributed by atoms with van der Waals surface area (Å²) in [6.45, 7) is 4.33. The van der Waals surface area contributed by atoms with Gasteiger partial charge in [0, 0.05) is 11.8 Å². The number of ether oxygens (including phenoxy) is 1. The molecule has 0 saturated heterocycles. The number of carbonyl (C=O) groups is 1. The average molecular weight is 460 g/mol. The van der Waals surface area contributed by atoms with Gasteiger partial charge in [-0.3, -0.25) is 4.79 Å². The molecule has 33 heavy (non-hydrogen) atoms. The molecule has 4 rings (SSSR count). The number of carbonyl (C=O) groups excluding carboxylic acids is 1. The van der Waals surface area contributed by atoms with Gasteiger partial charge in [-0.25, -0.2) is 4.98 Å². The van der Waals surface area contributed by atoms with Gasteiger partial charge in [-0.15, -0.1) is 0 Å². The molecule has 2 aromatic carbocycles. The van der Waals surface area contributed by atoms with Crippen LogP contribution < -0.4 is 10.1 Å². The number of nitrogens with zero attached hydrogens (tertiary/aromatic N) is 4. The third-order valence-corrected chi connectivity index (χ3v) is 5.55. The molecule has 2 heterocycles. The van der Waals surface area contributed by atoms with Gasteiger partial charge in [0.25, 0.3) is 0 Å². The summed E-state index contributed by atoms with van der Waals surface area (Å²) in [7, 11) is 0. The van der Waals surface area contributed by atoms with Crippen molar-refractivity contribution in [1.82, 2.24) is 14.8 Å². The van der Waals surface area contributed by atoms with Crippen molar-refractivity contribution >= 4 is 34.2 Å². The lowest BCUT2D eigenvalue weighted by Gasteiger charge is -2.12. The average Bonchev–Trinajstić information content (AvgIpc) is 3.21. The minimum Gasteiger partial charge on any atom is -0.492 e. The quantitative estimate of drug-likeness (QED) is 0.375. The Balaban J connectivity index is 1.50. The second-order valence-corrected chi connectivity index (χ2v) is 8.04. The van der Waals surface area contributed by atoms with E-state index in [9.17, 15) is 10.1 Å². The summed E-state index contributed by atoms with van der Waals surface area (Å²) in [5.74, 6) is 1.17. The van der Waals surface area contributed by atoms with E-state index >= 15 is 0 Å². The van der Waals surface area contributed by atoms with Crippen molar-refractivity contribution in [2.75, 3.05) is 11.9 Å². The fraction of sp³-hybridized carbons (Fsp3) is 0.200. The molecule has 0 bridgehead atoms. The smallest absolute Gasteiger partial charge is 0.225 e. The third kappa shape index (κ3) is 4.81. The summed E-state index contributed by atoms with van der Waals surface area (Å²) in [6, 6.07) is 17.2. The van der Waals surface area contributed by atoms with Gasteiger partial charge in [-0.05, 0) is 49.6 Å². The van der Waals surface area contributed by atoms with Gasteiger partial charge in [0.1, 0.15) is 17.4 Å². The number of benzene rings is 2. The summed E-state index contributed by atoms with van der Waals surface area (Å²) in [5, 5.41) is 18.2. The summed E-state index contributed by atoms with van der Waals surface area (Å²) in [5.41, 5.74) is 3.19. The van der Waals surface area contributed by atoms with Gasteiger partial charge in [0.15, 0.2) is 11.6 Å². The van der Waals surface area contributed by atoms with Gasteiger partial charge in [-0.2, -0.15) is 15.0 Å². The first-order valence-corrected chi connectivity index (χ1v) is 10.9. The molecular formula is C25H22ClN5O2. The predicted molar refractivity (Wildman–Crippen MR) is 128 cm³/mol. The van der Waals surface area contributed by atoms with Crippen LogP contribution in [-0.2, 0) is 4.79 Å². The van der Waals surface area contributed by atoms with Gasteiger partial charge in [0.2, 0.25) is 5.91 Å². The van der Waals surface area contributed by atoms with E-state index in [1.54, 1.807) is 12.1 Å². The van der Waals surface area contributed by atoms with Gasteiger partial charge >= 0.3 is 0 Å². The first-order valence-electron chi connectivity index (χ1n) is 10.5. The Morgan fingerprint density at radius 2 is 2.00 bits per heavy atom. The van der Waals surface area contributed by atoms with Crippen molar-refractivity contribution in [3.63, 3.8) is 0 Å². The monoisotopic (exact) mass is 459 g/mol. The molecule has 0 unspecified atom stereocenters. The van der Waals surface area contributed by atoms with Gasteiger partial charge in [-0.1, -0.05) is 41.9 Å². The van der Waals surface area contributed by atoms with E-state index in [1.165, 1.54) is 10.9 Å². The summed E-state index contributed by atoms with van der Waals surface area (Å²) in [6.07, 6.45) is 2.12. The normalized spacial score (nSPS) is 10.7. The number of hydrogen-bond donors (Lipinski definition) is 1. The summed E-state index contributed by atoms with van der Waals surface area (Å²) in [4.78, 5) is 17.4. The molecule has 1 N–H and O–H groups in total. The Labute approximate surface area is 196 Å². The zero-order chi connectivity index (χ0) is 23.4. The number of fused-ring (bicyclic) bond motifs is 1. The number of amides is 1. The lowest BCUT2D eigenvalue weighted by Crippen LogP contribution is -2.17. The number of anilines is 1. The zero-order valence-corrected chi connectivity index (χ0v) is 19.1. The summed E-state index contributed by atoms with van der Waals surface area (Å²) >= 11 is 6.08. The topological polar surface area (TPSA) is 92.8 Å². The van der Waals surface area contributed by atoms with Crippen molar-refractivity contribution < 1.29 is 9.53 Å². The van der Waals surface area contributed by atoms with E-state index < -0.39 is 0 Å². The molecule has 7 nitrogen and oxygen atoms in total. The maximum atomic E-state index is 12.6. The molecule has 0 aliphatic rings. The molecule has 0 atom stereocenters. The minimum atomic E-state index is -0.246. The van der Waals surface area contributed by atoms with Crippen LogP contribution in [0.15, 0.2) is 54.7 Å².